The summed E-state index contributed by atoms with van der Waals surface area (Å²) in [7, 11) is 0. The third-order valence-electron chi connectivity index (χ3n) is 3.48. The molecule has 120 valence electrons. The van der Waals surface area contributed by atoms with Crippen LogP contribution in [-0.2, 0) is 5.41 Å². The summed E-state index contributed by atoms with van der Waals surface area (Å²) in [5.41, 5.74) is 1.49. The number of aromatic hydroxyl groups is 1. The maximum absolute atomic E-state index is 12.3. The van der Waals surface area contributed by atoms with Crippen molar-refractivity contribution in [2.75, 3.05) is 5.32 Å². The van der Waals surface area contributed by atoms with E-state index in [1.165, 1.54) is 18.2 Å². The van der Waals surface area contributed by atoms with Crippen LogP contribution in [0.3, 0.4) is 0 Å². The Kier molecular flexibility index (Phi) is 4.40. The van der Waals surface area contributed by atoms with Crippen molar-refractivity contribution in [3.63, 3.8) is 0 Å². The number of amides is 1. The molecule has 3 N–H and O–H groups in total. The number of carbonyl (C=O) groups is 2. The number of rotatable bonds is 3. The molecule has 0 saturated carbocycles. The van der Waals surface area contributed by atoms with Crippen molar-refractivity contribution in [1.82, 2.24) is 0 Å². The number of hydrogen-bond acceptors (Lipinski definition) is 3. The van der Waals surface area contributed by atoms with Gasteiger partial charge in [0.1, 0.15) is 11.3 Å². The molecule has 0 fully saturated rings. The van der Waals surface area contributed by atoms with Crippen LogP contribution in [-0.4, -0.2) is 22.1 Å². The molecule has 0 spiro atoms. The Morgan fingerprint density at radius 1 is 1.04 bits per heavy atom. The van der Waals surface area contributed by atoms with Gasteiger partial charge < -0.3 is 15.5 Å². The van der Waals surface area contributed by atoms with Crippen molar-refractivity contribution >= 4 is 17.6 Å². The minimum Gasteiger partial charge on any atom is -0.507 e. The van der Waals surface area contributed by atoms with E-state index in [0.29, 0.717) is 11.3 Å². The number of carboxylic acids is 1. The zero-order valence-corrected chi connectivity index (χ0v) is 13.3. The van der Waals surface area contributed by atoms with Crippen LogP contribution in [0.4, 0.5) is 5.69 Å². The molecule has 0 aliphatic rings. The molecule has 0 saturated heterocycles. The molecular weight excluding hydrogens is 294 g/mol. The van der Waals surface area contributed by atoms with Crippen molar-refractivity contribution in [1.29, 1.82) is 0 Å². The van der Waals surface area contributed by atoms with Gasteiger partial charge in [-0.3, -0.25) is 4.79 Å². The van der Waals surface area contributed by atoms with Gasteiger partial charge in [0.2, 0.25) is 0 Å². The molecule has 0 aliphatic heterocycles. The first-order valence-electron chi connectivity index (χ1n) is 7.16. The maximum Gasteiger partial charge on any atom is 0.339 e. The number of benzene rings is 2. The molecule has 0 heterocycles. The summed E-state index contributed by atoms with van der Waals surface area (Å²) in [6, 6.07) is 11.2. The SMILES string of the molecule is CC(C)(C)c1cccc(C(=O)Nc2ccc(O)c(C(=O)O)c2)c1. The molecule has 0 unspecified atom stereocenters. The van der Waals surface area contributed by atoms with E-state index >= 15 is 0 Å². The third kappa shape index (κ3) is 3.88. The van der Waals surface area contributed by atoms with Crippen molar-refractivity contribution in [2.24, 2.45) is 0 Å². The predicted octanol–water partition coefficient (Wildman–Crippen LogP) is 3.64. The van der Waals surface area contributed by atoms with Gasteiger partial charge in [-0.15, -0.1) is 0 Å². The van der Waals surface area contributed by atoms with E-state index in [0.717, 1.165) is 5.56 Å². The number of nitrogens with one attached hydrogen (secondary N) is 1. The Balaban J connectivity index is 2.26. The lowest BCUT2D eigenvalue weighted by Gasteiger charge is -2.19. The highest BCUT2D eigenvalue weighted by Crippen LogP contribution is 2.24. The molecule has 2 aromatic carbocycles. The standard InChI is InChI=1S/C18H19NO4/c1-18(2,3)12-6-4-5-11(9-12)16(21)19-13-7-8-15(20)14(10-13)17(22)23/h4-10,20H,1-3H3,(H,19,21)(H,22,23). The lowest BCUT2D eigenvalue weighted by Crippen LogP contribution is -2.16. The Labute approximate surface area is 134 Å². The fourth-order valence-corrected chi connectivity index (χ4v) is 2.12. The van der Waals surface area contributed by atoms with Crippen LogP contribution in [0, 0.1) is 0 Å². The van der Waals surface area contributed by atoms with Crippen LogP contribution in [0.15, 0.2) is 42.5 Å². The molecule has 0 bridgehead atoms. The molecule has 23 heavy (non-hydrogen) atoms. The maximum atomic E-state index is 12.3. The fourth-order valence-electron chi connectivity index (χ4n) is 2.12. The Morgan fingerprint density at radius 2 is 1.74 bits per heavy atom. The molecule has 5 heteroatoms. The minimum absolute atomic E-state index is 0.0781. The van der Waals surface area contributed by atoms with Gasteiger partial charge in [0.25, 0.3) is 5.91 Å². The van der Waals surface area contributed by atoms with E-state index in [9.17, 15) is 14.7 Å². The highest BCUT2D eigenvalue weighted by molar-refractivity contribution is 6.05. The van der Waals surface area contributed by atoms with Crippen molar-refractivity contribution in [3.8, 4) is 5.75 Å². The highest BCUT2D eigenvalue weighted by Gasteiger charge is 2.16. The smallest absolute Gasteiger partial charge is 0.339 e. The van der Waals surface area contributed by atoms with Crippen molar-refractivity contribution in [3.05, 3.63) is 59.2 Å². The lowest BCUT2D eigenvalue weighted by molar-refractivity contribution is 0.0693. The first-order valence-corrected chi connectivity index (χ1v) is 7.16. The van der Waals surface area contributed by atoms with Gasteiger partial charge in [-0.05, 0) is 41.3 Å². The monoisotopic (exact) mass is 313 g/mol. The average molecular weight is 313 g/mol. The fraction of sp³-hybridized carbons (Fsp3) is 0.222. The normalized spacial score (nSPS) is 11.1. The van der Waals surface area contributed by atoms with E-state index in [1.54, 1.807) is 6.07 Å². The molecule has 1 amide bonds. The zero-order valence-electron chi connectivity index (χ0n) is 13.3. The number of anilines is 1. The molecule has 0 aliphatic carbocycles. The van der Waals surface area contributed by atoms with Gasteiger partial charge in [0, 0.05) is 11.3 Å². The Bertz CT molecular complexity index is 760. The lowest BCUT2D eigenvalue weighted by atomic mass is 9.86. The van der Waals surface area contributed by atoms with Crippen LogP contribution in [0.2, 0.25) is 0 Å². The van der Waals surface area contributed by atoms with Crippen LogP contribution in [0.25, 0.3) is 0 Å². The van der Waals surface area contributed by atoms with Crippen LogP contribution in [0.1, 0.15) is 47.1 Å². The Morgan fingerprint density at radius 3 is 2.35 bits per heavy atom. The summed E-state index contributed by atoms with van der Waals surface area (Å²) in [5, 5.41) is 21.1. The van der Waals surface area contributed by atoms with E-state index in [2.05, 4.69) is 26.1 Å². The summed E-state index contributed by atoms with van der Waals surface area (Å²) in [6.45, 7) is 6.18. The van der Waals surface area contributed by atoms with Gasteiger partial charge in [-0.1, -0.05) is 32.9 Å². The third-order valence-corrected chi connectivity index (χ3v) is 3.48. The molecule has 2 rings (SSSR count). The number of phenols is 1. The van der Waals surface area contributed by atoms with Crippen molar-refractivity contribution < 1.29 is 19.8 Å². The number of aromatic carboxylic acids is 1. The molecule has 0 radical (unpaired) electrons. The summed E-state index contributed by atoms with van der Waals surface area (Å²) >= 11 is 0. The summed E-state index contributed by atoms with van der Waals surface area (Å²) in [4.78, 5) is 23.4. The molecule has 0 aromatic heterocycles. The second-order valence-corrected chi connectivity index (χ2v) is 6.32. The number of hydrogen-bond donors (Lipinski definition) is 3. The van der Waals surface area contributed by atoms with Gasteiger partial charge in [-0.2, -0.15) is 0 Å². The van der Waals surface area contributed by atoms with Gasteiger partial charge in [0.15, 0.2) is 0 Å². The van der Waals surface area contributed by atoms with E-state index in [4.69, 9.17) is 5.11 Å². The summed E-state index contributed by atoms with van der Waals surface area (Å²) in [5.74, 6) is -1.93. The van der Waals surface area contributed by atoms with Crippen molar-refractivity contribution in [2.45, 2.75) is 26.2 Å². The number of carboxylic acid groups (broad SMARTS) is 1. The quantitative estimate of drug-likeness (QED) is 0.755. The zero-order chi connectivity index (χ0) is 17.2. The molecular formula is C18H19NO4. The first kappa shape index (κ1) is 16.5. The van der Waals surface area contributed by atoms with Gasteiger partial charge in [-0.25, -0.2) is 4.79 Å². The van der Waals surface area contributed by atoms with E-state index < -0.39 is 5.97 Å². The van der Waals surface area contributed by atoms with E-state index in [-0.39, 0.29) is 22.6 Å². The molecule has 5 nitrogen and oxygen atoms in total. The summed E-state index contributed by atoms with van der Waals surface area (Å²) < 4.78 is 0. The van der Waals surface area contributed by atoms with Crippen LogP contribution >= 0.6 is 0 Å². The largest absolute Gasteiger partial charge is 0.507 e. The second-order valence-electron chi connectivity index (χ2n) is 6.32. The van der Waals surface area contributed by atoms with Gasteiger partial charge in [0.05, 0.1) is 0 Å². The topological polar surface area (TPSA) is 86.6 Å². The first-order chi connectivity index (χ1) is 10.7. The summed E-state index contributed by atoms with van der Waals surface area (Å²) in [6.07, 6.45) is 0. The average Bonchev–Trinajstić information content (AvgIpc) is 2.48. The minimum atomic E-state index is -1.26. The highest BCUT2D eigenvalue weighted by atomic mass is 16.4. The van der Waals surface area contributed by atoms with Gasteiger partial charge >= 0.3 is 5.97 Å². The molecule has 2 aromatic rings. The Hall–Kier alpha value is -2.82. The molecule has 0 atom stereocenters. The number of carbonyl (C=O) groups excluding carboxylic acids is 1. The second kappa shape index (κ2) is 6.12. The van der Waals surface area contributed by atoms with E-state index in [1.807, 2.05) is 18.2 Å². The van der Waals surface area contributed by atoms with Crippen LogP contribution < -0.4 is 5.32 Å². The van der Waals surface area contributed by atoms with Crippen LogP contribution in [0.5, 0.6) is 5.75 Å². The predicted molar refractivity (Wildman–Crippen MR) is 88.2 cm³/mol.